The maximum atomic E-state index is 13.8. The van der Waals surface area contributed by atoms with Crippen LogP contribution in [0, 0.1) is 11.8 Å². The van der Waals surface area contributed by atoms with Crippen molar-refractivity contribution in [3.05, 3.63) is 59.1 Å². The Morgan fingerprint density at radius 3 is 2.81 bits per heavy atom. The summed E-state index contributed by atoms with van der Waals surface area (Å²) in [5.41, 5.74) is -1.66. The third-order valence-electron chi connectivity index (χ3n) is 3.87. The molecule has 1 atom stereocenters. The molecule has 0 aromatic carbocycles. The second-order valence-corrected chi connectivity index (χ2v) is 5.52. The number of alkyl halides is 4. The van der Waals surface area contributed by atoms with Gasteiger partial charge in [-0.1, -0.05) is 24.5 Å². The van der Waals surface area contributed by atoms with Gasteiger partial charge in [0.25, 0.3) is 5.91 Å². The molecule has 1 aliphatic heterocycles. The number of nitrogens with one attached hydrogen (secondary N) is 1. The number of rotatable bonds is 4. The maximum absolute atomic E-state index is 13.8. The standard InChI is InChI=1S/C18H12F4N2O3/c1-3-10-9-23-7-6-11(10)16(25)24-14-5-4-12-13(8-15(14)26-2)18(21,22)27-17(12,19)20/h3,6-9,14H,1H2,2H3,(H,24,25). The Balaban J connectivity index is 1.96. The van der Waals surface area contributed by atoms with Crippen molar-refractivity contribution in [2.24, 2.45) is 0 Å². The van der Waals surface area contributed by atoms with Gasteiger partial charge in [0.05, 0.1) is 12.7 Å². The molecule has 9 heteroatoms. The van der Waals surface area contributed by atoms with Gasteiger partial charge in [-0.15, -0.1) is 0 Å². The third kappa shape index (κ3) is 3.31. The summed E-state index contributed by atoms with van der Waals surface area (Å²) < 4.78 is 63.5. The SMILES string of the molecule is C=Cc1cnccc1C(=O)NC1C#CC2=C(C=C1OC)C(F)(F)OC2(F)F. The molecule has 2 aliphatic rings. The van der Waals surface area contributed by atoms with Gasteiger partial charge in [0.15, 0.2) is 0 Å². The van der Waals surface area contributed by atoms with E-state index in [1.54, 1.807) is 0 Å². The van der Waals surface area contributed by atoms with E-state index >= 15 is 0 Å². The Labute approximate surface area is 151 Å². The first-order valence-electron chi connectivity index (χ1n) is 7.55. The minimum atomic E-state index is -4.25. The average molecular weight is 380 g/mol. The van der Waals surface area contributed by atoms with Crippen molar-refractivity contribution in [1.82, 2.24) is 10.3 Å². The fraction of sp³-hybridized carbons (Fsp3) is 0.222. The van der Waals surface area contributed by atoms with E-state index in [1.807, 2.05) is 5.92 Å². The molecule has 2 heterocycles. The van der Waals surface area contributed by atoms with E-state index in [4.69, 9.17) is 4.74 Å². The minimum absolute atomic E-state index is 0.195. The van der Waals surface area contributed by atoms with E-state index in [9.17, 15) is 22.4 Å². The van der Waals surface area contributed by atoms with E-state index in [-0.39, 0.29) is 11.3 Å². The Hall–Kier alpha value is -3.12. The van der Waals surface area contributed by atoms with Crippen LogP contribution in [0.3, 0.4) is 0 Å². The lowest BCUT2D eigenvalue weighted by Gasteiger charge is -2.18. The van der Waals surface area contributed by atoms with Crippen LogP contribution in [0.5, 0.6) is 0 Å². The molecule has 1 unspecified atom stereocenters. The van der Waals surface area contributed by atoms with Crippen LogP contribution in [0.1, 0.15) is 15.9 Å². The summed E-state index contributed by atoms with van der Waals surface area (Å²) in [7, 11) is 1.14. The summed E-state index contributed by atoms with van der Waals surface area (Å²) in [5, 5.41) is 2.46. The van der Waals surface area contributed by atoms with Crippen molar-refractivity contribution < 1.29 is 31.8 Å². The normalized spacial score (nSPS) is 22.0. The number of hydrogen-bond donors (Lipinski definition) is 1. The van der Waals surface area contributed by atoms with Crippen LogP contribution in [0.15, 0.2) is 48.0 Å². The predicted octanol–water partition coefficient (Wildman–Crippen LogP) is 2.88. The highest BCUT2D eigenvalue weighted by atomic mass is 19.3. The number of carbonyl (C=O) groups is 1. The summed E-state index contributed by atoms with van der Waals surface area (Å²) in [6.07, 6.45) is -3.61. The number of halogens is 4. The summed E-state index contributed by atoms with van der Waals surface area (Å²) in [6, 6.07) is 0.187. The van der Waals surface area contributed by atoms with Crippen LogP contribution < -0.4 is 5.32 Å². The van der Waals surface area contributed by atoms with E-state index in [0.717, 1.165) is 7.11 Å². The summed E-state index contributed by atoms with van der Waals surface area (Å²) >= 11 is 0. The van der Waals surface area contributed by atoms with Gasteiger partial charge in [0.2, 0.25) is 0 Å². The van der Waals surface area contributed by atoms with E-state index < -0.39 is 35.3 Å². The first-order valence-corrected chi connectivity index (χ1v) is 7.55. The second-order valence-electron chi connectivity index (χ2n) is 5.52. The molecule has 5 nitrogen and oxygen atoms in total. The zero-order chi connectivity index (χ0) is 19.8. The van der Waals surface area contributed by atoms with Crippen LogP contribution in [-0.2, 0) is 9.47 Å². The number of pyridine rings is 1. The highest BCUT2D eigenvalue weighted by Gasteiger charge is 2.58. The second kappa shape index (κ2) is 6.55. The number of carbonyl (C=O) groups excluding carboxylic acids is 1. The van der Waals surface area contributed by atoms with Crippen molar-refractivity contribution in [2.45, 2.75) is 18.3 Å². The molecule has 140 valence electrons. The van der Waals surface area contributed by atoms with Gasteiger partial charge >= 0.3 is 12.2 Å². The fourth-order valence-corrected chi connectivity index (χ4v) is 2.58. The highest BCUT2D eigenvalue weighted by molar-refractivity contribution is 5.98. The molecule has 1 N–H and O–H groups in total. The van der Waals surface area contributed by atoms with Crippen molar-refractivity contribution in [3.8, 4) is 11.8 Å². The quantitative estimate of drug-likeness (QED) is 0.645. The van der Waals surface area contributed by atoms with Gasteiger partial charge in [-0.05, 0) is 12.1 Å². The molecule has 1 aliphatic carbocycles. The van der Waals surface area contributed by atoms with Gasteiger partial charge in [-0.25, -0.2) is 4.74 Å². The van der Waals surface area contributed by atoms with Crippen LogP contribution >= 0.6 is 0 Å². The van der Waals surface area contributed by atoms with Crippen LogP contribution in [0.2, 0.25) is 0 Å². The summed E-state index contributed by atoms with van der Waals surface area (Å²) in [6.45, 7) is 3.57. The number of methoxy groups -OCH3 is 1. The molecular formula is C18H12F4N2O3. The monoisotopic (exact) mass is 380 g/mol. The number of amides is 1. The van der Waals surface area contributed by atoms with Gasteiger partial charge in [-0.3, -0.25) is 9.78 Å². The van der Waals surface area contributed by atoms with Crippen LogP contribution in [-0.4, -0.2) is 36.3 Å². The van der Waals surface area contributed by atoms with Crippen molar-refractivity contribution in [1.29, 1.82) is 0 Å². The van der Waals surface area contributed by atoms with Crippen molar-refractivity contribution in [3.63, 3.8) is 0 Å². The molecule has 1 aromatic rings. The van der Waals surface area contributed by atoms with E-state index in [1.165, 1.54) is 24.5 Å². The number of hydrogen-bond acceptors (Lipinski definition) is 4. The molecule has 0 fully saturated rings. The smallest absolute Gasteiger partial charge is 0.396 e. The van der Waals surface area contributed by atoms with Gasteiger partial charge in [-0.2, -0.15) is 17.6 Å². The molecule has 1 aromatic heterocycles. The summed E-state index contributed by atoms with van der Waals surface area (Å²) in [5.74, 6) is 3.43. The summed E-state index contributed by atoms with van der Waals surface area (Å²) in [4.78, 5) is 16.4. The number of aromatic nitrogens is 1. The van der Waals surface area contributed by atoms with Crippen molar-refractivity contribution in [2.75, 3.05) is 7.11 Å². The van der Waals surface area contributed by atoms with Gasteiger partial charge in [0.1, 0.15) is 17.4 Å². The number of nitrogens with zero attached hydrogens (tertiary/aromatic N) is 1. The lowest BCUT2D eigenvalue weighted by atomic mass is 10.1. The lowest BCUT2D eigenvalue weighted by molar-refractivity contribution is -0.320. The molecule has 0 bridgehead atoms. The van der Waals surface area contributed by atoms with Gasteiger partial charge < -0.3 is 10.1 Å². The highest BCUT2D eigenvalue weighted by Crippen LogP contribution is 2.47. The largest absolute Gasteiger partial charge is 0.498 e. The maximum Gasteiger partial charge on any atom is 0.396 e. The lowest BCUT2D eigenvalue weighted by Crippen LogP contribution is -2.36. The Morgan fingerprint density at radius 1 is 1.41 bits per heavy atom. The number of ether oxygens (including phenoxy) is 2. The van der Waals surface area contributed by atoms with E-state index in [2.05, 4.69) is 27.5 Å². The predicted molar refractivity (Wildman–Crippen MR) is 86.5 cm³/mol. The third-order valence-corrected chi connectivity index (χ3v) is 3.87. The zero-order valence-electron chi connectivity index (χ0n) is 13.9. The van der Waals surface area contributed by atoms with Crippen LogP contribution in [0.4, 0.5) is 17.6 Å². The molecular weight excluding hydrogens is 368 g/mol. The fourth-order valence-electron chi connectivity index (χ4n) is 2.58. The first kappa shape index (κ1) is 18.7. The molecule has 3 rings (SSSR count). The molecule has 1 amide bonds. The molecule has 0 spiro atoms. The van der Waals surface area contributed by atoms with E-state index in [0.29, 0.717) is 11.6 Å². The van der Waals surface area contributed by atoms with Gasteiger partial charge in [0, 0.05) is 23.5 Å². The van der Waals surface area contributed by atoms with Crippen LogP contribution in [0.25, 0.3) is 6.08 Å². The Morgan fingerprint density at radius 2 is 2.15 bits per heavy atom. The first-order chi connectivity index (χ1) is 12.7. The zero-order valence-corrected chi connectivity index (χ0v) is 13.9. The van der Waals surface area contributed by atoms with Crippen molar-refractivity contribution >= 4 is 12.0 Å². The molecule has 0 saturated carbocycles. The Bertz CT molecular complexity index is 941. The topological polar surface area (TPSA) is 60.5 Å². The average Bonchev–Trinajstić information content (AvgIpc) is 2.74. The molecule has 27 heavy (non-hydrogen) atoms. The molecule has 0 radical (unpaired) electrons. The minimum Gasteiger partial charge on any atom is -0.498 e. The Kier molecular flexibility index (Phi) is 4.53. The molecule has 0 saturated heterocycles.